The molecule has 0 fully saturated rings. The Balaban J connectivity index is 1.09. The summed E-state index contributed by atoms with van der Waals surface area (Å²) in [7, 11) is 1.59. The number of aliphatic imine (C=N–C) groups is 1. The predicted molar refractivity (Wildman–Crippen MR) is 143 cm³/mol. The third-order valence-corrected chi connectivity index (χ3v) is 7.13. The number of carbonyl (C=O) groups excluding carboxylic acids is 2. The van der Waals surface area contributed by atoms with Gasteiger partial charge >= 0.3 is 6.18 Å². The van der Waals surface area contributed by atoms with E-state index < -0.39 is 30.1 Å². The minimum atomic E-state index is -4.60. The molecule has 0 spiro atoms. The molecular formula is C27H26F3N9O3. The monoisotopic (exact) mass is 581 g/mol. The molecule has 1 N–H and O–H groups in total. The number of ether oxygens (including phenoxy) is 1. The fraction of sp³-hybridized carbons (Fsp3) is 0.370. The lowest BCUT2D eigenvalue weighted by Gasteiger charge is -2.27. The van der Waals surface area contributed by atoms with Crippen LogP contribution in [-0.4, -0.2) is 69.7 Å². The summed E-state index contributed by atoms with van der Waals surface area (Å²) in [5, 5.41) is 14.2. The molecule has 3 aromatic rings. The van der Waals surface area contributed by atoms with E-state index >= 15 is 0 Å². The maximum absolute atomic E-state index is 13.3. The number of halogens is 3. The molecule has 3 aliphatic rings. The third-order valence-electron chi connectivity index (χ3n) is 7.13. The number of aromatic nitrogens is 3. The highest BCUT2D eigenvalue weighted by molar-refractivity contribution is 6.01. The molecule has 12 nitrogen and oxygen atoms in total. The zero-order valence-corrected chi connectivity index (χ0v) is 22.5. The predicted octanol–water partition coefficient (Wildman–Crippen LogP) is 2.59. The summed E-state index contributed by atoms with van der Waals surface area (Å²) in [6, 6.07) is 14.0. The summed E-state index contributed by atoms with van der Waals surface area (Å²) in [4.78, 5) is 37.5. The molecule has 1 unspecified atom stereocenters. The number of rotatable bonds is 6. The van der Waals surface area contributed by atoms with Crippen molar-refractivity contribution >= 4 is 23.3 Å². The van der Waals surface area contributed by atoms with Crippen molar-refractivity contribution < 1.29 is 27.5 Å². The number of nitrogens with one attached hydrogen (secondary N) is 1. The fourth-order valence-electron chi connectivity index (χ4n) is 4.98. The second-order valence-corrected chi connectivity index (χ2v) is 10.2. The second-order valence-electron chi connectivity index (χ2n) is 10.2. The molecule has 15 heteroatoms. The van der Waals surface area contributed by atoms with E-state index in [4.69, 9.17) is 4.74 Å². The first-order chi connectivity index (χ1) is 20.1. The first-order valence-electron chi connectivity index (χ1n) is 13.2. The van der Waals surface area contributed by atoms with Crippen LogP contribution in [0.5, 0.6) is 5.75 Å². The Kier molecular flexibility index (Phi) is 7.18. The van der Waals surface area contributed by atoms with E-state index in [1.54, 1.807) is 19.2 Å². The number of amidine groups is 1. The molecule has 218 valence electrons. The summed E-state index contributed by atoms with van der Waals surface area (Å²) < 4.78 is 46.2. The summed E-state index contributed by atoms with van der Waals surface area (Å²) in [5.41, 5.74) is 2.33. The number of amides is 2. The number of likely N-dealkylation sites (N-methyl/N-ethyl adjacent to an activating group) is 1. The number of hydrogen-bond acceptors (Lipinski definition) is 9. The average molecular weight is 582 g/mol. The van der Waals surface area contributed by atoms with Crippen LogP contribution in [0.3, 0.4) is 0 Å². The highest BCUT2D eigenvalue weighted by Crippen LogP contribution is 2.33. The van der Waals surface area contributed by atoms with Gasteiger partial charge in [-0.15, -0.1) is 15.3 Å². The van der Waals surface area contributed by atoms with Gasteiger partial charge in [-0.05, 0) is 23.3 Å². The maximum atomic E-state index is 13.3. The minimum Gasteiger partial charge on any atom is -0.489 e. The van der Waals surface area contributed by atoms with Gasteiger partial charge in [-0.25, -0.2) is 14.7 Å². The Morgan fingerprint density at radius 3 is 2.71 bits per heavy atom. The van der Waals surface area contributed by atoms with Crippen molar-refractivity contribution in [2.45, 2.75) is 44.4 Å². The normalized spacial score (nSPS) is 20.4. The first kappa shape index (κ1) is 27.5. The fourth-order valence-corrected chi connectivity index (χ4v) is 4.98. The number of benzene rings is 2. The van der Waals surface area contributed by atoms with E-state index in [1.165, 1.54) is 9.58 Å². The smallest absolute Gasteiger partial charge is 0.453 e. The van der Waals surface area contributed by atoms with Gasteiger partial charge in [0.1, 0.15) is 24.2 Å². The van der Waals surface area contributed by atoms with Gasteiger partial charge in [0.25, 0.3) is 17.6 Å². The summed E-state index contributed by atoms with van der Waals surface area (Å²) in [5.74, 6) is -0.946. The van der Waals surface area contributed by atoms with E-state index in [2.05, 4.69) is 30.6 Å². The van der Waals surface area contributed by atoms with E-state index in [0.717, 1.165) is 11.1 Å². The highest BCUT2D eigenvalue weighted by Gasteiger charge is 2.38. The molecule has 0 saturated heterocycles. The van der Waals surface area contributed by atoms with Crippen LogP contribution in [0.1, 0.15) is 22.8 Å². The van der Waals surface area contributed by atoms with Gasteiger partial charge in [-0.3, -0.25) is 14.5 Å². The van der Waals surface area contributed by atoms with Gasteiger partial charge < -0.3 is 15.0 Å². The van der Waals surface area contributed by atoms with E-state index in [-0.39, 0.29) is 31.4 Å². The number of fused-ring (bicyclic) bond motifs is 2. The molecule has 2 atom stereocenters. The van der Waals surface area contributed by atoms with Gasteiger partial charge in [0.15, 0.2) is 5.84 Å². The van der Waals surface area contributed by atoms with Crippen LogP contribution in [0, 0.1) is 0 Å². The topological polar surface area (TPSA) is 130 Å². The van der Waals surface area contributed by atoms with Crippen molar-refractivity contribution in [1.82, 2.24) is 25.0 Å². The molecule has 0 saturated carbocycles. The molecule has 0 bridgehead atoms. The van der Waals surface area contributed by atoms with E-state index in [0.29, 0.717) is 36.8 Å². The van der Waals surface area contributed by atoms with Crippen molar-refractivity contribution in [1.29, 1.82) is 0 Å². The number of azo groups is 1. The summed E-state index contributed by atoms with van der Waals surface area (Å²) in [6.07, 6.45) is -5.24. The van der Waals surface area contributed by atoms with Crippen molar-refractivity contribution in [3.05, 3.63) is 71.3 Å². The largest absolute Gasteiger partial charge is 0.489 e. The number of alkyl halides is 3. The van der Waals surface area contributed by atoms with Crippen LogP contribution in [0.25, 0.3) is 0 Å². The lowest BCUT2D eigenvalue weighted by Crippen LogP contribution is -2.51. The standard InChI is InChI=1S/C27H26F3N9O3/c1-37-19-11-17(13-38-9-10-39-22(14-38)33-26(36-39)27(28,29)30)7-8-20(19)42-15-18(25(37)41)31-24(40)23-32-21(34-35-23)12-16-5-3-2-4-6-16/h2-8,11,18,23H,9-10,12-15H2,1H3,(H,31,40)/t18-,23?/m0/s1. The van der Waals surface area contributed by atoms with Crippen LogP contribution in [0.4, 0.5) is 18.9 Å². The SMILES string of the molecule is CN1C(=O)[C@@H](NC(=O)C2N=NC(Cc3ccccc3)=N2)COc2ccc(CN3CCn4nc(C(F)(F)F)nc4C3)cc21. The van der Waals surface area contributed by atoms with Gasteiger partial charge in [0.2, 0.25) is 6.17 Å². The zero-order valence-electron chi connectivity index (χ0n) is 22.5. The molecule has 1 aromatic heterocycles. The molecular weight excluding hydrogens is 555 g/mol. The second kappa shape index (κ2) is 11.0. The maximum Gasteiger partial charge on any atom is 0.453 e. The van der Waals surface area contributed by atoms with Gasteiger partial charge in [-0.1, -0.05) is 36.4 Å². The highest BCUT2D eigenvalue weighted by atomic mass is 19.4. The van der Waals surface area contributed by atoms with Crippen LogP contribution < -0.4 is 15.0 Å². The first-order valence-corrected chi connectivity index (χ1v) is 13.2. The Morgan fingerprint density at radius 2 is 1.93 bits per heavy atom. The number of anilines is 1. The molecule has 6 rings (SSSR count). The minimum absolute atomic E-state index is 0.0883. The Labute approximate surface area is 237 Å². The Hall–Kier alpha value is -4.66. The molecule has 0 aliphatic carbocycles. The van der Waals surface area contributed by atoms with Crippen molar-refractivity contribution in [3.8, 4) is 5.75 Å². The number of nitrogens with zero attached hydrogens (tertiary/aromatic N) is 8. The Bertz CT molecular complexity index is 1570. The molecule has 0 radical (unpaired) electrons. The number of carbonyl (C=O) groups is 2. The molecule has 42 heavy (non-hydrogen) atoms. The Morgan fingerprint density at radius 1 is 1.12 bits per heavy atom. The van der Waals surface area contributed by atoms with Crippen LogP contribution >= 0.6 is 0 Å². The van der Waals surface area contributed by atoms with Crippen molar-refractivity contribution in [2.24, 2.45) is 15.2 Å². The number of hydrogen-bond donors (Lipinski definition) is 1. The van der Waals surface area contributed by atoms with E-state index in [9.17, 15) is 22.8 Å². The summed E-state index contributed by atoms with van der Waals surface area (Å²) >= 11 is 0. The molecule has 4 heterocycles. The lowest BCUT2D eigenvalue weighted by molar-refractivity contribution is -0.145. The van der Waals surface area contributed by atoms with E-state index in [1.807, 2.05) is 41.3 Å². The molecule has 2 aromatic carbocycles. The summed E-state index contributed by atoms with van der Waals surface area (Å²) in [6.45, 7) is 1.30. The molecule has 3 aliphatic heterocycles. The third kappa shape index (κ3) is 5.72. The van der Waals surface area contributed by atoms with Gasteiger partial charge in [-0.2, -0.15) is 13.2 Å². The van der Waals surface area contributed by atoms with Gasteiger partial charge in [0.05, 0.1) is 18.8 Å². The lowest BCUT2D eigenvalue weighted by atomic mass is 10.1. The molecule has 2 amide bonds. The van der Waals surface area contributed by atoms with Crippen LogP contribution in [-0.2, 0) is 41.8 Å². The van der Waals surface area contributed by atoms with Crippen molar-refractivity contribution in [2.75, 3.05) is 25.1 Å². The zero-order chi connectivity index (χ0) is 29.4. The van der Waals surface area contributed by atoms with Gasteiger partial charge in [0, 0.05) is 26.6 Å². The van der Waals surface area contributed by atoms with Crippen molar-refractivity contribution in [3.63, 3.8) is 0 Å². The van der Waals surface area contributed by atoms with Crippen LogP contribution in [0.15, 0.2) is 63.8 Å². The quantitative estimate of drug-likeness (QED) is 0.477. The van der Waals surface area contributed by atoms with Crippen LogP contribution in [0.2, 0.25) is 0 Å². The average Bonchev–Trinajstić information content (AvgIpc) is 3.60.